The highest BCUT2D eigenvalue weighted by Crippen LogP contribution is 2.15. The van der Waals surface area contributed by atoms with Crippen LogP contribution < -0.4 is 9.46 Å². The summed E-state index contributed by atoms with van der Waals surface area (Å²) in [7, 11) is -3.59. The van der Waals surface area contributed by atoms with E-state index < -0.39 is 22.0 Å². The quantitative estimate of drug-likeness (QED) is 0.758. The number of benzene rings is 2. The van der Waals surface area contributed by atoms with Gasteiger partial charge in [0.25, 0.3) is 0 Å². The molecule has 0 spiro atoms. The largest absolute Gasteiger partial charge is 0.489 e. The minimum Gasteiger partial charge on any atom is -0.489 e. The molecule has 2 rings (SSSR count). The molecule has 0 heterocycles. The van der Waals surface area contributed by atoms with Crippen LogP contribution in [0.1, 0.15) is 11.1 Å². The second kappa shape index (κ2) is 7.94. The Labute approximate surface area is 141 Å². The van der Waals surface area contributed by atoms with Crippen LogP contribution in [-0.2, 0) is 27.8 Å². The van der Waals surface area contributed by atoms with E-state index in [0.29, 0.717) is 17.9 Å². The summed E-state index contributed by atoms with van der Waals surface area (Å²) >= 11 is 0. The number of hydrogen-bond acceptors (Lipinski definition) is 4. The molecule has 0 aromatic heterocycles. The fourth-order valence-corrected chi connectivity index (χ4v) is 2.84. The summed E-state index contributed by atoms with van der Waals surface area (Å²) < 4.78 is 30.2. The second-order valence-corrected chi connectivity index (χ2v) is 7.18. The zero-order valence-electron chi connectivity index (χ0n) is 13.2. The van der Waals surface area contributed by atoms with Gasteiger partial charge in [-0.25, -0.2) is 13.1 Å². The van der Waals surface area contributed by atoms with Gasteiger partial charge < -0.3 is 9.84 Å². The molecular formula is C17H19NO5S. The first-order valence-electron chi connectivity index (χ1n) is 7.29. The van der Waals surface area contributed by atoms with Crippen molar-refractivity contribution in [1.29, 1.82) is 0 Å². The minimum absolute atomic E-state index is 0.0569. The van der Waals surface area contributed by atoms with Gasteiger partial charge in [0.15, 0.2) is 0 Å². The molecule has 2 aromatic rings. The van der Waals surface area contributed by atoms with Crippen molar-refractivity contribution in [2.75, 3.05) is 6.26 Å². The lowest BCUT2D eigenvalue weighted by Crippen LogP contribution is -2.41. The molecule has 0 unspecified atom stereocenters. The van der Waals surface area contributed by atoms with Gasteiger partial charge in [0.2, 0.25) is 10.0 Å². The van der Waals surface area contributed by atoms with E-state index in [0.717, 1.165) is 11.8 Å². The molecule has 0 aliphatic heterocycles. The Morgan fingerprint density at radius 1 is 1.08 bits per heavy atom. The summed E-state index contributed by atoms with van der Waals surface area (Å²) in [4.78, 5) is 11.2. The molecule has 0 aliphatic carbocycles. The molecule has 0 saturated carbocycles. The van der Waals surface area contributed by atoms with Gasteiger partial charge in [0.05, 0.1) is 6.26 Å². The average molecular weight is 349 g/mol. The third-order valence-electron chi connectivity index (χ3n) is 3.27. The summed E-state index contributed by atoms with van der Waals surface area (Å²) in [5.74, 6) is -0.560. The number of ether oxygens (including phenoxy) is 1. The average Bonchev–Trinajstić information content (AvgIpc) is 2.53. The molecule has 2 aromatic carbocycles. The van der Waals surface area contributed by atoms with Gasteiger partial charge in [-0.1, -0.05) is 42.5 Å². The number of aliphatic carboxylic acids is 1. The van der Waals surface area contributed by atoms with Crippen LogP contribution in [0.15, 0.2) is 54.6 Å². The van der Waals surface area contributed by atoms with Gasteiger partial charge in [0.1, 0.15) is 18.4 Å². The van der Waals surface area contributed by atoms with E-state index in [4.69, 9.17) is 9.84 Å². The first-order valence-corrected chi connectivity index (χ1v) is 9.18. The van der Waals surface area contributed by atoms with Crippen LogP contribution in [0.25, 0.3) is 0 Å². The molecule has 24 heavy (non-hydrogen) atoms. The Morgan fingerprint density at radius 3 is 2.25 bits per heavy atom. The van der Waals surface area contributed by atoms with Gasteiger partial charge in [0, 0.05) is 0 Å². The molecule has 1 atom stereocenters. The van der Waals surface area contributed by atoms with Crippen molar-refractivity contribution in [3.8, 4) is 5.75 Å². The predicted molar refractivity (Wildman–Crippen MR) is 90.3 cm³/mol. The minimum atomic E-state index is -3.59. The Kier molecular flexibility index (Phi) is 5.94. The van der Waals surface area contributed by atoms with Gasteiger partial charge >= 0.3 is 5.97 Å². The molecule has 2 N–H and O–H groups in total. The van der Waals surface area contributed by atoms with Gasteiger partial charge in [-0.05, 0) is 29.7 Å². The van der Waals surface area contributed by atoms with E-state index in [1.165, 1.54) is 0 Å². The topological polar surface area (TPSA) is 92.7 Å². The summed E-state index contributed by atoms with van der Waals surface area (Å²) in [5.41, 5.74) is 1.75. The third-order valence-corrected chi connectivity index (χ3v) is 3.98. The highest BCUT2D eigenvalue weighted by Gasteiger charge is 2.21. The van der Waals surface area contributed by atoms with Crippen molar-refractivity contribution in [3.63, 3.8) is 0 Å². The van der Waals surface area contributed by atoms with Gasteiger partial charge in [-0.2, -0.15) is 0 Å². The molecule has 6 nitrogen and oxygen atoms in total. The third kappa shape index (κ3) is 6.02. The van der Waals surface area contributed by atoms with Crippen LogP contribution >= 0.6 is 0 Å². The van der Waals surface area contributed by atoms with Gasteiger partial charge in [-0.15, -0.1) is 0 Å². The molecule has 0 fully saturated rings. The number of carboxylic acids is 1. The van der Waals surface area contributed by atoms with Crippen LogP contribution in [0.2, 0.25) is 0 Å². The number of nitrogens with one attached hydrogen (secondary N) is 1. The van der Waals surface area contributed by atoms with Gasteiger partial charge in [-0.3, -0.25) is 4.79 Å². The maximum Gasteiger partial charge on any atom is 0.322 e. The van der Waals surface area contributed by atoms with E-state index in [1.54, 1.807) is 24.3 Å². The van der Waals surface area contributed by atoms with E-state index >= 15 is 0 Å². The molecule has 0 bridgehead atoms. The number of carbonyl (C=O) groups is 1. The summed E-state index contributed by atoms with van der Waals surface area (Å²) in [6.07, 6.45) is 0.991. The van der Waals surface area contributed by atoms with Crippen molar-refractivity contribution in [1.82, 2.24) is 4.72 Å². The maximum atomic E-state index is 11.2. The normalized spacial score (nSPS) is 12.5. The fraction of sp³-hybridized carbons (Fsp3) is 0.235. The molecule has 0 radical (unpaired) electrons. The van der Waals surface area contributed by atoms with E-state index in [1.807, 2.05) is 30.3 Å². The highest BCUT2D eigenvalue weighted by molar-refractivity contribution is 7.88. The summed E-state index contributed by atoms with van der Waals surface area (Å²) in [6.45, 7) is 0.438. The molecule has 128 valence electrons. The van der Waals surface area contributed by atoms with E-state index in [9.17, 15) is 13.2 Å². The SMILES string of the molecule is CS(=O)(=O)N[C@@H](Cc1ccc(OCc2ccccc2)cc1)C(=O)O. The van der Waals surface area contributed by atoms with Crippen molar-refractivity contribution < 1.29 is 23.1 Å². The Balaban J connectivity index is 1.96. The van der Waals surface area contributed by atoms with Crippen LogP contribution in [0.5, 0.6) is 5.75 Å². The summed E-state index contributed by atoms with van der Waals surface area (Å²) in [6, 6.07) is 15.4. The number of carboxylic acid groups (broad SMARTS) is 1. The standard InChI is InChI=1S/C17H19NO5S/c1-24(21,22)18-16(17(19)20)11-13-7-9-15(10-8-13)23-12-14-5-3-2-4-6-14/h2-10,16,18H,11-12H2,1H3,(H,19,20)/t16-/m0/s1. The maximum absolute atomic E-state index is 11.2. The lowest BCUT2D eigenvalue weighted by Gasteiger charge is -2.13. The van der Waals surface area contributed by atoms with Crippen LogP contribution in [-0.4, -0.2) is 31.8 Å². The zero-order chi connectivity index (χ0) is 17.6. The molecule has 0 amide bonds. The van der Waals surface area contributed by atoms with E-state index in [-0.39, 0.29) is 6.42 Å². The number of hydrogen-bond donors (Lipinski definition) is 2. The van der Waals surface area contributed by atoms with Crippen molar-refractivity contribution in [2.45, 2.75) is 19.1 Å². The number of rotatable bonds is 8. The fourth-order valence-electron chi connectivity index (χ4n) is 2.14. The first-order chi connectivity index (χ1) is 11.3. The Hall–Kier alpha value is -2.38. The summed E-state index contributed by atoms with van der Waals surface area (Å²) in [5, 5.41) is 9.11. The van der Waals surface area contributed by atoms with Crippen LogP contribution in [0.3, 0.4) is 0 Å². The zero-order valence-corrected chi connectivity index (χ0v) is 14.0. The number of sulfonamides is 1. The van der Waals surface area contributed by atoms with Crippen molar-refractivity contribution >= 4 is 16.0 Å². The monoisotopic (exact) mass is 349 g/mol. The Morgan fingerprint density at radius 2 is 1.71 bits per heavy atom. The molecule has 7 heteroatoms. The molecular weight excluding hydrogens is 330 g/mol. The van der Waals surface area contributed by atoms with Crippen LogP contribution in [0.4, 0.5) is 0 Å². The lowest BCUT2D eigenvalue weighted by atomic mass is 10.1. The first kappa shape index (κ1) is 18.0. The Bertz CT molecular complexity index is 772. The van der Waals surface area contributed by atoms with Crippen LogP contribution in [0, 0.1) is 0 Å². The molecule has 0 saturated heterocycles. The smallest absolute Gasteiger partial charge is 0.322 e. The lowest BCUT2D eigenvalue weighted by molar-refractivity contribution is -0.138. The highest BCUT2D eigenvalue weighted by atomic mass is 32.2. The second-order valence-electron chi connectivity index (χ2n) is 5.40. The van der Waals surface area contributed by atoms with Crippen molar-refractivity contribution in [2.24, 2.45) is 0 Å². The van der Waals surface area contributed by atoms with Crippen molar-refractivity contribution in [3.05, 3.63) is 65.7 Å². The van der Waals surface area contributed by atoms with E-state index in [2.05, 4.69) is 4.72 Å². The molecule has 0 aliphatic rings. The predicted octanol–water partition coefficient (Wildman–Crippen LogP) is 1.81.